The lowest BCUT2D eigenvalue weighted by Crippen LogP contribution is -2.15. The zero-order chi connectivity index (χ0) is 13.9. The summed E-state index contributed by atoms with van der Waals surface area (Å²) < 4.78 is 11.3. The molecule has 1 aliphatic heterocycles. The van der Waals surface area contributed by atoms with Crippen molar-refractivity contribution in [2.45, 2.75) is 26.7 Å². The van der Waals surface area contributed by atoms with Crippen LogP contribution in [0, 0.1) is 0 Å². The number of anilines is 1. The zero-order valence-corrected chi connectivity index (χ0v) is 12.0. The lowest BCUT2D eigenvalue weighted by atomic mass is 10.1. The summed E-state index contributed by atoms with van der Waals surface area (Å²) in [6.45, 7) is 6.37. The summed E-state index contributed by atoms with van der Waals surface area (Å²) in [4.78, 5) is 4.74. The van der Waals surface area contributed by atoms with Crippen molar-refractivity contribution >= 4 is 16.6 Å². The third kappa shape index (κ3) is 2.38. The molecular formula is C16H20N2O2. The number of benzene rings is 1. The number of hydrogen-bond donors (Lipinski definition) is 1. The molecule has 1 N–H and O–H groups in total. The predicted octanol–water partition coefficient (Wildman–Crippen LogP) is 3.39. The number of hydrogen-bond acceptors (Lipinski definition) is 4. The predicted molar refractivity (Wildman–Crippen MR) is 80.9 cm³/mol. The molecule has 1 aromatic carbocycles. The van der Waals surface area contributed by atoms with Crippen LogP contribution >= 0.6 is 0 Å². The van der Waals surface area contributed by atoms with E-state index in [0.717, 1.165) is 53.2 Å². The number of ether oxygens (including phenoxy) is 2. The van der Waals surface area contributed by atoms with Gasteiger partial charge in [0.1, 0.15) is 13.2 Å². The van der Waals surface area contributed by atoms with Crippen LogP contribution in [0.4, 0.5) is 5.69 Å². The van der Waals surface area contributed by atoms with Crippen molar-refractivity contribution in [1.29, 1.82) is 0 Å². The average Bonchev–Trinajstić information content (AvgIpc) is 2.46. The Balaban J connectivity index is 2.16. The quantitative estimate of drug-likeness (QED) is 0.926. The number of rotatable bonds is 4. The van der Waals surface area contributed by atoms with Gasteiger partial charge in [0.2, 0.25) is 0 Å². The minimum Gasteiger partial charge on any atom is -0.486 e. The first-order valence-corrected chi connectivity index (χ1v) is 7.29. The molecule has 4 heteroatoms. The number of nitrogens with zero attached hydrogens (tertiary/aromatic N) is 1. The van der Waals surface area contributed by atoms with Crippen LogP contribution in [0.2, 0.25) is 0 Å². The molecule has 0 unspecified atom stereocenters. The smallest absolute Gasteiger partial charge is 0.163 e. The summed E-state index contributed by atoms with van der Waals surface area (Å²) in [6.07, 6.45) is 2.08. The fourth-order valence-corrected chi connectivity index (χ4v) is 2.54. The fourth-order valence-electron chi connectivity index (χ4n) is 2.54. The standard InChI is InChI=1S/C16H20N2O2/c1-3-5-11-8-13(17-4-2)12-9-15-16(10-14(12)18-11)20-7-6-19-15/h8-10H,3-7H2,1-2H3,(H,17,18). The molecule has 2 aromatic rings. The van der Waals surface area contributed by atoms with E-state index in [1.807, 2.05) is 12.1 Å². The number of nitrogens with one attached hydrogen (secondary N) is 1. The van der Waals surface area contributed by atoms with E-state index in [2.05, 4.69) is 25.2 Å². The Morgan fingerprint density at radius 3 is 2.55 bits per heavy atom. The average molecular weight is 272 g/mol. The number of aryl methyl sites for hydroxylation is 1. The monoisotopic (exact) mass is 272 g/mol. The molecule has 0 fully saturated rings. The SMILES string of the molecule is CCCc1cc(NCC)c2cc3c(cc2n1)OCCO3. The van der Waals surface area contributed by atoms with Crippen molar-refractivity contribution in [2.24, 2.45) is 0 Å². The first-order valence-electron chi connectivity index (χ1n) is 7.29. The fraction of sp³-hybridized carbons (Fsp3) is 0.438. The van der Waals surface area contributed by atoms with E-state index in [9.17, 15) is 0 Å². The summed E-state index contributed by atoms with van der Waals surface area (Å²) in [6, 6.07) is 6.17. The van der Waals surface area contributed by atoms with Crippen molar-refractivity contribution in [2.75, 3.05) is 25.1 Å². The number of pyridine rings is 1. The van der Waals surface area contributed by atoms with Crippen LogP contribution in [-0.4, -0.2) is 24.7 Å². The highest BCUT2D eigenvalue weighted by Crippen LogP contribution is 2.36. The van der Waals surface area contributed by atoms with Crippen molar-refractivity contribution in [3.8, 4) is 11.5 Å². The van der Waals surface area contributed by atoms with E-state index >= 15 is 0 Å². The maximum atomic E-state index is 5.66. The first kappa shape index (κ1) is 13.0. The third-order valence-electron chi connectivity index (χ3n) is 3.40. The molecule has 20 heavy (non-hydrogen) atoms. The molecule has 4 nitrogen and oxygen atoms in total. The molecule has 1 aromatic heterocycles. The second kappa shape index (κ2) is 5.57. The molecule has 0 amide bonds. The molecule has 3 rings (SSSR count). The third-order valence-corrected chi connectivity index (χ3v) is 3.40. The van der Waals surface area contributed by atoms with Crippen LogP contribution in [-0.2, 0) is 6.42 Å². The largest absolute Gasteiger partial charge is 0.486 e. The minimum atomic E-state index is 0.604. The summed E-state index contributed by atoms with van der Waals surface area (Å²) in [5.74, 6) is 1.61. The van der Waals surface area contributed by atoms with Gasteiger partial charge in [-0.3, -0.25) is 4.98 Å². The maximum Gasteiger partial charge on any atom is 0.163 e. The molecule has 0 saturated carbocycles. The van der Waals surface area contributed by atoms with E-state index in [-0.39, 0.29) is 0 Å². The van der Waals surface area contributed by atoms with Gasteiger partial charge in [0.25, 0.3) is 0 Å². The molecule has 0 radical (unpaired) electrons. The Kier molecular flexibility index (Phi) is 3.63. The molecule has 2 heterocycles. The molecule has 106 valence electrons. The van der Waals surface area contributed by atoms with Gasteiger partial charge in [-0.15, -0.1) is 0 Å². The van der Waals surface area contributed by atoms with Crippen molar-refractivity contribution in [3.05, 3.63) is 23.9 Å². The van der Waals surface area contributed by atoms with Gasteiger partial charge in [-0.1, -0.05) is 13.3 Å². The molecule has 0 saturated heterocycles. The lowest BCUT2D eigenvalue weighted by molar-refractivity contribution is 0.172. The van der Waals surface area contributed by atoms with Crippen LogP contribution in [0.3, 0.4) is 0 Å². The summed E-state index contributed by atoms with van der Waals surface area (Å²) in [5.41, 5.74) is 3.21. The molecule has 0 aliphatic carbocycles. The molecule has 0 atom stereocenters. The van der Waals surface area contributed by atoms with E-state index in [0.29, 0.717) is 13.2 Å². The Morgan fingerprint density at radius 1 is 1.10 bits per heavy atom. The highest BCUT2D eigenvalue weighted by molar-refractivity contribution is 5.94. The van der Waals surface area contributed by atoms with Crippen LogP contribution in [0.25, 0.3) is 10.9 Å². The first-order chi connectivity index (χ1) is 9.81. The molecule has 0 bridgehead atoms. The van der Waals surface area contributed by atoms with Gasteiger partial charge in [-0.25, -0.2) is 0 Å². The number of fused-ring (bicyclic) bond motifs is 2. The van der Waals surface area contributed by atoms with Gasteiger partial charge in [-0.2, -0.15) is 0 Å². The van der Waals surface area contributed by atoms with Gasteiger partial charge >= 0.3 is 0 Å². The molecule has 1 aliphatic rings. The van der Waals surface area contributed by atoms with Gasteiger partial charge < -0.3 is 14.8 Å². The van der Waals surface area contributed by atoms with Crippen LogP contribution in [0.5, 0.6) is 11.5 Å². The Hall–Kier alpha value is -1.97. The molecule has 0 spiro atoms. The second-order valence-electron chi connectivity index (χ2n) is 4.95. The highest BCUT2D eigenvalue weighted by atomic mass is 16.6. The normalized spacial score (nSPS) is 13.5. The highest BCUT2D eigenvalue weighted by Gasteiger charge is 2.15. The lowest BCUT2D eigenvalue weighted by Gasteiger charge is -2.20. The Labute approximate surface area is 119 Å². The number of aromatic nitrogens is 1. The zero-order valence-electron chi connectivity index (χ0n) is 12.0. The minimum absolute atomic E-state index is 0.604. The van der Waals surface area contributed by atoms with Crippen LogP contribution in [0.15, 0.2) is 18.2 Å². The maximum absolute atomic E-state index is 5.66. The van der Waals surface area contributed by atoms with Crippen molar-refractivity contribution < 1.29 is 9.47 Å². The summed E-state index contributed by atoms with van der Waals surface area (Å²) >= 11 is 0. The molecular weight excluding hydrogens is 252 g/mol. The summed E-state index contributed by atoms with van der Waals surface area (Å²) in [7, 11) is 0. The van der Waals surface area contributed by atoms with Gasteiger partial charge in [-0.05, 0) is 25.5 Å². The van der Waals surface area contributed by atoms with E-state index in [1.165, 1.54) is 0 Å². The van der Waals surface area contributed by atoms with E-state index in [1.54, 1.807) is 0 Å². The van der Waals surface area contributed by atoms with E-state index in [4.69, 9.17) is 14.5 Å². The Morgan fingerprint density at radius 2 is 1.85 bits per heavy atom. The van der Waals surface area contributed by atoms with Crippen LogP contribution < -0.4 is 14.8 Å². The van der Waals surface area contributed by atoms with Crippen molar-refractivity contribution in [1.82, 2.24) is 4.98 Å². The van der Waals surface area contributed by atoms with Gasteiger partial charge in [0.05, 0.1) is 5.52 Å². The Bertz CT molecular complexity index is 625. The van der Waals surface area contributed by atoms with Crippen LogP contribution in [0.1, 0.15) is 26.0 Å². The van der Waals surface area contributed by atoms with E-state index < -0.39 is 0 Å². The van der Waals surface area contributed by atoms with Gasteiger partial charge in [0, 0.05) is 29.4 Å². The summed E-state index contributed by atoms with van der Waals surface area (Å²) in [5, 5.41) is 4.51. The second-order valence-corrected chi connectivity index (χ2v) is 4.95. The van der Waals surface area contributed by atoms with Crippen molar-refractivity contribution in [3.63, 3.8) is 0 Å². The topological polar surface area (TPSA) is 43.4 Å². The van der Waals surface area contributed by atoms with Gasteiger partial charge in [0.15, 0.2) is 11.5 Å².